The minimum atomic E-state index is -3.84. The first-order valence-corrected chi connectivity index (χ1v) is 8.22. The predicted molar refractivity (Wildman–Crippen MR) is 64.9 cm³/mol. The number of nitrogens with one attached hydrogen (secondary N) is 1. The Kier molecular flexibility index (Phi) is 4.31. The van der Waals surface area contributed by atoms with E-state index in [1.54, 1.807) is 0 Å². The highest BCUT2D eigenvalue weighted by molar-refractivity contribution is 8.13. The molecule has 0 unspecified atom stereocenters. The van der Waals surface area contributed by atoms with Gasteiger partial charge in [-0.05, 0) is 24.3 Å². The minimum Gasteiger partial charge on any atom is -0.207 e. The molecular formula is C9H10ClNO4S2. The van der Waals surface area contributed by atoms with Gasteiger partial charge in [0, 0.05) is 17.2 Å². The predicted octanol–water partition coefficient (Wildman–Crippen LogP) is 1.08. The van der Waals surface area contributed by atoms with Crippen LogP contribution in [-0.2, 0) is 19.1 Å². The van der Waals surface area contributed by atoms with Crippen LogP contribution in [0.1, 0.15) is 0 Å². The van der Waals surface area contributed by atoms with E-state index in [9.17, 15) is 16.8 Å². The quantitative estimate of drug-likeness (QED) is 0.651. The van der Waals surface area contributed by atoms with Gasteiger partial charge in [-0.2, -0.15) is 0 Å². The number of hydrogen-bond acceptors (Lipinski definition) is 4. The molecular weight excluding hydrogens is 286 g/mol. The van der Waals surface area contributed by atoms with Crippen LogP contribution in [0.2, 0.25) is 0 Å². The lowest BCUT2D eigenvalue weighted by atomic mass is 10.4. The summed E-state index contributed by atoms with van der Waals surface area (Å²) in [4.78, 5) is -0.190. The first-order chi connectivity index (χ1) is 7.77. The van der Waals surface area contributed by atoms with Crippen molar-refractivity contribution in [3.63, 3.8) is 0 Å². The fourth-order valence-corrected chi connectivity index (χ4v) is 2.80. The normalized spacial score (nSPS) is 12.3. The summed E-state index contributed by atoms with van der Waals surface area (Å²) in [5.74, 6) is 0. The largest absolute Gasteiger partial charge is 0.261 e. The molecule has 8 heteroatoms. The molecule has 0 amide bonds. The Labute approximate surface area is 105 Å². The van der Waals surface area contributed by atoms with Gasteiger partial charge < -0.3 is 0 Å². The van der Waals surface area contributed by atoms with E-state index in [4.69, 9.17) is 10.7 Å². The second-order valence-corrected chi connectivity index (χ2v) is 7.38. The standard InChI is InChI=1S/C9H10ClNO4S2/c1-2-7-11-17(14,15)9-5-3-8(4-6-9)16(10,12)13/h2-6,11H,1,7H2. The first-order valence-electron chi connectivity index (χ1n) is 4.42. The molecule has 0 spiro atoms. The van der Waals surface area contributed by atoms with E-state index in [1.807, 2.05) is 0 Å². The molecule has 0 radical (unpaired) electrons. The molecule has 0 atom stereocenters. The van der Waals surface area contributed by atoms with E-state index >= 15 is 0 Å². The maximum absolute atomic E-state index is 11.6. The average Bonchev–Trinajstić information content (AvgIpc) is 2.25. The number of benzene rings is 1. The molecule has 0 heterocycles. The Hall–Kier alpha value is -0.890. The van der Waals surface area contributed by atoms with Crippen molar-refractivity contribution in [3.8, 4) is 0 Å². The highest BCUT2D eigenvalue weighted by atomic mass is 35.7. The molecule has 0 aliphatic carbocycles. The highest BCUT2D eigenvalue weighted by Gasteiger charge is 2.15. The molecule has 0 saturated heterocycles. The van der Waals surface area contributed by atoms with Crippen LogP contribution in [-0.4, -0.2) is 23.4 Å². The van der Waals surface area contributed by atoms with Crippen LogP contribution in [0.5, 0.6) is 0 Å². The van der Waals surface area contributed by atoms with Gasteiger partial charge in [-0.25, -0.2) is 21.6 Å². The van der Waals surface area contributed by atoms with Gasteiger partial charge >= 0.3 is 0 Å². The number of hydrogen-bond donors (Lipinski definition) is 1. The molecule has 0 aromatic heterocycles. The molecule has 1 aromatic rings. The van der Waals surface area contributed by atoms with E-state index in [0.29, 0.717) is 0 Å². The summed E-state index contributed by atoms with van der Waals surface area (Å²) in [6, 6.07) is 4.59. The fraction of sp³-hybridized carbons (Fsp3) is 0.111. The SMILES string of the molecule is C=CCNS(=O)(=O)c1ccc(S(=O)(=O)Cl)cc1. The van der Waals surface area contributed by atoms with Gasteiger partial charge in [-0.1, -0.05) is 6.08 Å². The maximum Gasteiger partial charge on any atom is 0.261 e. The second-order valence-electron chi connectivity index (χ2n) is 3.05. The number of halogens is 1. The number of sulfonamides is 1. The third kappa shape index (κ3) is 3.81. The molecule has 17 heavy (non-hydrogen) atoms. The van der Waals surface area contributed by atoms with Crippen LogP contribution in [0.15, 0.2) is 46.7 Å². The van der Waals surface area contributed by atoms with Gasteiger partial charge in [0.25, 0.3) is 9.05 Å². The molecule has 0 aliphatic heterocycles. The van der Waals surface area contributed by atoms with E-state index in [1.165, 1.54) is 18.2 Å². The molecule has 1 aromatic carbocycles. The highest BCUT2D eigenvalue weighted by Crippen LogP contribution is 2.17. The summed E-state index contributed by atoms with van der Waals surface area (Å²) < 4.78 is 47.4. The second kappa shape index (κ2) is 5.18. The molecule has 5 nitrogen and oxygen atoms in total. The minimum absolute atomic E-state index is 0.0385. The van der Waals surface area contributed by atoms with Crippen molar-refractivity contribution in [3.05, 3.63) is 36.9 Å². The lowest BCUT2D eigenvalue weighted by Crippen LogP contribution is -2.23. The Bertz CT molecular complexity index is 605. The lowest BCUT2D eigenvalue weighted by molar-refractivity contribution is 0.585. The summed E-state index contributed by atoms with van der Waals surface area (Å²) in [5.41, 5.74) is 0. The van der Waals surface area contributed by atoms with E-state index in [-0.39, 0.29) is 16.3 Å². The van der Waals surface area contributed by atoms with E-state index in [2.05, 4.69) is 11.3 Å². The monoisotopic (exact) mass is 295 g/mol. The fourth-order valence-electron chi connectivity index (χ4n) is 1.03. The molecule has 1 rings (SSSR count). The van der Waals surface area contributed by atoms with Crippen molar-refractivity contribution in [2.75, 3.05) is 6.54 Å². The molecule has 94 valence electrons. The van der Waals surface area contributed by atoms with Gasteiger partial charge in [-0.15, -0.1) is 6.58 Å². The van der Waals surface area contributed by atoms with Gasteiger partial charge in [0.1, 0.15) is 0 Å². The summed E-state index contributed by atoms with van der Waals surface area (Å²) in [6.07, 6.45) is 1.40. The van der Waals surface area contributed by atoms with Gasteiger partial charge in [0.15, 0.2) is 0 Å². The zero-order chi connectivity index (χ0) is 13.1. The lowest BCUT2D eigenvalue weighted by Gasteiger charge is -2.04. The average molecular weight is 296 g/mol. The summed E-state index contributed by atoms with van der Waals surface area (Å²) in [5, 5.41) is 0. The van der Waals surface area contributed by atoms with Gasteiger partial charge in [-0.3, -0.25) is 0 Å². The van der Waals surface area contributed by atoms with Gasteiger partial charge in [0.05, 0.1) is 9.79 Å². The van der Waals surface area contributed by atoms with Crippen molar-refractivity contribution < 1.29 is 16.8 Å². The Morgan fingerprint density at radius 1 is 1.12 bits per heavy atom. The Morgan fingerprint density at radius 2 is 1.59 bits per heavy atom. The van der Waals surface area contributed by atoms with Crippen LogP contribution in [0.3, 0.4) is 0 Å². The van der Waals surface area contributed by atoms with Crippen molar-refractivity contribution in [2.45, 2.75) is 9.79 Å². The molecule has 0 aliphatic rings. The Morgan fingerprint density at radius 3 is 2.00 bits per heavy atom. The zero-order valence-electron chi connectivity index (χ0n) is 8.63. The van der Waals surface area contributed by atoms with Crippen LogP contribution in [0.25, 0.3) is 0 Å². The molecule has 0 bridgehead atoms. The molecule has 0 fully saturated rings. The molecule has 1 N–H and O–H groups in total. The third-order valence-corrected chi connectivity index (χ3v) is 4.64. The summed E-state index contributed by atoms with van der Waals surface area (Å²) >= 11 is 0. The van der Waals surface area contributed by atoms with Crippen LogP contribution in [0, 0.1) is 0 Å². The maximum atomic E-state index is 11.6. The van der Waals surface area contributed by atoms with Crippen LogP contribution in [0.4, 0.5) is 0 Å². The van der Waals surface area contributed by atoms with E-state index < -0.39 is 19.1 Å². The van der Waals surface area contributed by atoms with Crippen molar-refractivity contribution in [2.24, 2.45) is 0 Å². The van der Waals surface area contributed by atoms with E-state index in [0.717, 1.165) is 12.1 Å². The topological polar surface area (TPSA) is 80.3 Å². The zero-order valence-corrected chi connectivity index (χ0v) is 11.0. The first kappa shape index (κ1) is 14.2. The Balaban J connectivity index is 3.07. The third-order valence-electron chi connectivity index (χ3n) is 1.83. The number of rotatable bonds is 5. The van der Waals surface area contributed by atoms with Crippen LogP contribution >= 0.6 is 10.7 Å². The van der Waals surface area contributed by atoms with Crippen molar-refractivity contribution >= 4 is 29.8 Å². The van der Waals surface area contributed by atoms with Gasteiger partial charge in [0.2, 0.25) is 10.0 Å². The van der Waals surface area contributed by atoms with Crippen molar-refractivity contribution in [1.82, 2.24) is 4.72 Å². The summed E-state index contributed by atoms with van der Waals surface area (Å²) in [6.45, 7) is 3.48. The van der Waals surface area contributed by atoms with Crippen LogP contribution < -0.4 is 4.72 Å². The summed E-state index contributed by atoms with van der Waals surface area (Å²) in [7, 11) is -2.38. The molecule has 0 saturated carbocycles. The van der Waals surface area contributed by atoms with Crippen molar-refractivity contribution in [1.29, 1.82) is 0 Å². The smallest absolute Gasteiger partial charge is 0.207 e.